The van der Waals surface area contributed by atoms with Crippen molar-refractivity contribution in [2.75, 3.05) is 0 Å². The predicted molar refractivity (Wildman–Crippen MR) is 130 cm³/mol. The molecule has 0 atom stereocenters. The summed E-state index contributed by atoms with van der Waals surface area (Å²) in [5, 5.41) is 18.3. The summed E-state index contributed by atoms with van der Waals surface area (Å²) >= 11 is 0. The van der Waals surface area contributed by atoms with Gasteiger partial charge in [-0.05, 0) is 41.8 Å². The van der Waals surface area contributed by atoms with Crippen molar-refractivity contribution in [3.8, 4) is 0 Å². The Hall–Kier alpha value is -5.33. The van der Waals surface area contributed by atoms with E-state index in [-0.39, 0.29) is 35.7 Å². The molecule has 5 aromatic rings. The van der Waals surface area contributed by atoms with Crippen LogP contribution in [0.4, 0.5) is 4.39 Å². The number of carboxylic acid groups (broad SMARTS) is 1. The highest BCUT2D eigenvalue weighted by Crippen LogP contribution is 2.15. The zero-order chi connectivity index (χ0) is 27.0. The third-order valence-corrected chi connectivity index (χ3v) is 5.80. The zero-order valence-electron chi connectivity index (χ0n) is 19.7. The molecule has 0 fully saturated rings. The van der Waals surface area contributed by atoms with Crippen LogP contribution >= 0.6 is 0 Å². The average molecular weight is 518 g/mol. The van der Waals surface area contributed by atoms with E-state index in [1.165, 1.54) is 12.1 Å². The minimum absolute atomic E-state index is 0.0489. The summed E-state index contributed by atoms with van der Waals surface area (Å²) in [5.74, 6) is -3.78. The van der Waals surface area contributed by atoms with Crippen LogP contribution in [0.15, 0.2) is 57.9 Å². The molecule has 4 N–H and O–H groups in total. The van der Waals surface area contributed by atoms with E-state index in [0.29, 0.717) is 27.8 Å². The summed E-state index contributed by atoms with van der Waals surface area (Å²) in [4.78, 5) is 54.9. The number of carbonyl (C=O) groups excluding carboxylic acids is 2. The molecule has 3 aromatic heterocycles. The van der Waals surface area contributed by atoms with Gasteiger partial charge in [-0.3, -0.25) is 14.6 Å². The Bertz CT molecular complexity index is 1800. The molecule has 13 heteroatoms. The van der Waals surface area contributed by atoms with Gasteiger partial charge >= 0.3 is 11.7 Å². The van der Waals surface area contributed by atoms with E-state index in [4.69, 9.17) is 4.42 Å². The molecule has 0 aliphatic heterocycles. The maximum atomic E-state index is 14.3. The van der Waals surface area contributed by atoms with Crippen molar-refractivity contribution in [3.05, 3.63) is 98.7 Å². The molecule has 0 aliphatic rings. The summed E-state index contributed by atoms with van der Waals surface area (Å²) in [6.07, 6.45) is 0.885. The van der Waals surface area contributed by atoms with E-state index < -0.39 is 29.4 Å². The van der Waals surface area contributed by atoms with Crippen molar-refractivity contribution in [1.29, 1.82) is 0 Å². The molecule has 0 saturated carbocycles. The molecule has 2 aromatic carbocycles. The first-order chi connectivity index (χ1) is 18.2. The van der Waals surface area contributed by atoms with E-state index in [9.17, 15) is 28.7 Å². The number of carboxylic acids is 1. The molecule has 2 amide bonds. The second kappa shape index (κ2) is 9.61. The van der Waals surface area contributed by atoms with Crippen LogP contribution in [0.25, 0.3) is 16.7 Å². The monoisotopic (exact) mass is 518 g/mol. The number of hydrogen-bond donors (Lipinski definition) is 4. The van der Waals surface area contributed by atoms with Gasteiger partial charge in [0.05, 0.1) is 17.3 Å². The number of aromatic amines is 1. The lowest BCUT2D eigenvalue weighted by atomic mass is 10.1. The first-order valence-electron chi connectivity index (χ1n) is 11.2. The quantitative estimate of drug-likeness (QED) is 0.254. The van der Waals surface area contributed by atoms with Crippen LogP contribution in [0.2, 0.25) is 0 Å². The van der Waals surface area contributed by atoms with Gasteiger partial charge in [-0.15, -0.1) is 0 Å². The van der Waals surface area contributed by atoms with Crippen molar-refractivity contribution in [1.82, 2.24) is 30.2 Å². The standard InChI is InChI=1S/C25H19FN6O6/c1-12-6-13(2-4-15(12)24(35)36)9-28-23(34)19-8-18(30-21-16(26)11-29-32(19)21)22(33)27-10-14-3-5-20-17(7-14)31-25(37)38-20/h2-8,11H,9-10H2,1H3,(H,27,33)(H,28,34)(H,31,37)(H,35,36). The van der Waals surface area contributed by atoms with E-state index >= 15 is 0 Å². The number of aromatic carboxylic acids is 1. The fourth-order valence-corrected chi connectivity index (χ4v) is 3.94. The Kier molecular flexibility index (Phi) is 6.16. The highest BCUT2D eigenvalue weighted by molar-refractivity contribution is 5.98. The topological polar surface area (TPSA) is 172 Å². The summed E-state index contributed by atoms with van der Waals surface area (Å²) in [6.45, 7) is 1.75. The number of benzene rings is 2. The van der Waals surface area contributed by atoms with Gasteiger partial charge in [0.15, 0.2) is 17.0 Å². The molecule has 38 heavy (non-hydrogen) atoms. The number of aryl methyl sites for hydroxylation is 1. The first-order valence-corrected chi connectivity index (χ1v) is 11.2. The predicted octanol–water partition coefficient (Wildman–Crippen LogP) is 2.17. The first kappa shape index (κ1) is 24.4. The lowest BCUT2D eigenvalue weighted by Crippen LogP contribution is -2.28. The zero-order valence-corrected chi connectivity index (χ0v) is 19.7. The lowest BCUT2D eigenvalue weighted by molar-refractivity contribution is 0.0695. The molecule has 0 saturated heterocycles. The van der Waals surface area contributed by atoms with E-state index in [1.807, 2.05) is 0 Å². The Morgan fingerprint density at radius 2 is 1.76 bits per heavy atom. The highest BCUT2D eigenvalue weighted by Gasteiger charge is 2.20. The number of amides is 2. The van der Waals surface area contributed by atoms with Crippen molar-refractivity contribution in [2.45, 2.75) is 20.0 Å². The van der Waals surface area contributed by atoms with Crippen LogP contribution in [0.1, 0.15) is 48.0 Å². The number of carbonyl (C=O) groups is 3. The molecule has 0 spiro atoms. The maximum absolute atomic E-state index is 14.3. The number of nitrogens with zero attached hydrogens (tertiary/aromatic N) is 3. The largest absolute Gasteiger partial charge is 0.478 e. The Morgan fingerprint density at radius 1 is 1.05 bits per heavy atom. The number of fused-ring (bicyclic) bond motifs is 2. The highest BCUT2D eigenvalue weighted by atomic mass is 19.1. The minimum Gasteiger partial charge on any atom is -0.478 e. The number of hydrogen-bond acceptors (Lipinski definition) is 7. The number of rotatable bonds is 7. The Morgan fingerprint density at radius 3 is 2.50 bits per heavy atom. The van der Waals surface area contributed by atoms with Gasteiger partial charge < -0.3 is 20.2 Å². The van der Waals surface area contributed by atoms with E-state index in [1.54, 1.807) is 37.3 Å². The molecule has 12 nitrogen and oxygen atoms in total. The number of H-pyrrole nitrogens is 1. The smallest absolute Gasteiger partial charge is 0.417 e. The second-order valence-corrected chi connectivity index (χ2v) is 8.42. The molecule has 192 valence electrons. The van der Waals surface area contributed by atoms with Gasteiger partial charge in [0.2, 0.25) is 0 Å². The lowest BCUT2D eigenvalue weighted by Gasteiger charge is -2.10. The number of aromatic nitrogens is 4. The molecule has 3 heterocycles. The molecule has 0 radical (unpaired) electrons. The van der Waals surface area contributed by atoms with Gasteiger partial charge in [-0.25, -0.2) is 23.5 Å². The Balaban J connectivity index is 1.35. The fourth-order valence-electron chi connectivity index (χ4n) is 3.94. The van der Waals surface area contributed by atoms with Crippen molar-refractivity contribution in [3.63, 3.8) is 0 Å². The summed E-state index contributed by atoms with van der Waals surface area (Å²) in [5.41, 5.74) is 2.18. The van der Waals surface area contributed by atoms with Crippen molar-refractivity contribution >= 4 is 34.5 Å². The third kappa shape index (κ3) is 4.72. The molecule has 0 unspecified atom stereocenters. The third-order valence-electron chi connectivity index (χ3n) is 5.80. The van der Waals surface area contributed by atoms with Crippen LogP contribution in [0.3, 0.4) is 0 Å². The molecule has 5 rings (SSSR count). The van der Waals surface area contributed by atoms with E-state index in [2.05, 4.69) is 25.7 Å². The summed E-state index contributed by atoms with van der Waals surface area (Å²) in [7, 11) is 0. The van der Waals surface area contributed by atoms with Crippen LogP contribution in [0.5, 0.6) is 0 Å². The number of nitrogens with one attached hydrogen (secondary N) is 3. The molecule has 0 bridgehead atoms. The van der Waals surface area contributed by atoms with Crippen LogP contribution in [0, 0.1) is 12.7 Å². The minimum atomic E-state index is -1.05. The van der Waals surface area contributed by atoms with E-state index in [0.717, 1.165) is 10.7 Å². The molecular weight excluding hydrogens is 499 g/mol. The van der Waals surface area contributed by atoms with Crippen LogP contribution < -0.4 is 16.4 Å². The second-order valence-electron chi connectivity index (χ2n) is 8.42. The Labute approximate surface area is 212 Å². The van der Waals surface area contributed by atoms with Gasteiger partial charge in [0.1, 0.15) is 11.4 Å². The van der Waals surface area contributed by atoms with Crippen LogP contribution in [-0.4, -0.2) is 42.5 Å². The maximum Gasteiger partial charge on any atom is 0.417 e. The van der Waals surface area contributed by atoms with Gasteiger partial charge in [-0.2, -0.15) is 5.10 Å². The normalized spacial score (nSPS) is 11.1. The number of halogens is 1. The fraction of sp³-hybridized carbons (Fsp3) is 0.120. The van der Waals surface area contributed by atoms with Crippen molar-refractivity contribution < 1.29 is 28.3 Å². The average Bonchev–Trinajstić information content (AvgIpc) is 3.45. The van der Waals surface area contributed by atoms with Crippen molar-refractivity contribution in [2.24, 2.45) is 0 Å². The van der Waals surface area contributed by atoms with Gasteiger partial charge in [0, 0.05) is 19.2 Å². The van der Waals surface area contributed by atoms with Gasteiger partial charge in [-0.1, -0.05) is 18.2 Å². The summed E-state index contributed by atoms with van der Waals surface area (Å²) < 4.78 is 20.3. The molecular formula is C25H19FN6O6. The molecule has 0 aliphatic carbocycles. The van der Waals surface area contributed by atoms with Crippen LogP contribution in [-0.2, 0) is 13.1 Å². The van der Waals surface area contributed by atoms with Gasteiger partial charge in [0.25, 0.3) is 11.8 Å². The number of oxazole rings is 1. The SMILES string of the molecule is Cc1cc(CNC(=O)c2cc(C(=O)NCc3ccc4oc(=O)[nH]c4c3)nc3c(F)cnn23)ccc1C(=O)O. The summed E-state index contributed by atoms with van der Waals surface area (Å²) in [6, 6.07) is 10.7.